The van der Waals surface area contributed by atoms with Gasteiger partial charge in [-0.2, -0.15) is 0 Å². The van der Waals surface area contributed by atoms with Crippen molar-refractivity contribution in [3.63, 3.8) is 0 Å². The van der Waals surface area contributed by atoms with Gasteiger partial charge in [0.15, 0.2) is 0 Å². The van der Waals surface area contributed by atoms with E-state index in [-0.39, 0.29) is 3.62 Å². The molecule has 1 aromatic carbocycles. The normalized spacial score (nSPS) is 26.5. The Labute approximate surface area is 101 Å². The molecule has 2 radical (unpaired) electrons. The minimum absolute atomic E-state index is 0.269. The second-order valence-electron chi connectivity index (χ2n) is 4.11. The maximum atomic E-state index is 9.71. The van der Waals surface area contributed by atoms with E-state index in [0.717, 1.165) is 19.4 Å². The van der Waals surface area contributed by atoms with Crippen LogP contribution in [0.15, 0.2) is 24.3 Å². The van der Waals surface area contributed by atoms with Crippen molar-refractivity contribution in [2.24, 2.45) is 0 Å². The fourth-order valence-electron chi connectivity index (χ4n) is 2.00. The van der Waals surface area contributed by atoms with E-state index in [1.165, 1.54) is 17.5 Å². The summed E-state index contributed by atoms with van der Waals surface area (Å²) in [6.45, 7) is 2.88. The third-order valence-electron chi connectivity index (χ3n) is 2.97. The molecular formula is C12H16O2Sn. The van der Waals surface area contributed by atoms with Crippen LogP contribution < -0.4 is 0 Å². The zero-order chi connectivity index (χ0) is 10.7. The molecule has 1 heterocycles. The van der Waals surface area contributed by atoms with Gasteiger partial charge in [0.25, 0.3) is 0 Å². The summed E-state index contributed by atoms with van der Waals surface area (Å²) in [5.41, 5.74) is 2.44. The Bertz CT molecular complexity index is 315. The summed E-state index contributed by atoms with van der Waals surface area (Å²) in [6.07, 6.45) is 3.31. The van der Waals surface area contributed by atoms with E-state index in [4.69, 9.17) is 4.74 Å². The molecule has 1 N–H and O–H groups in total. The van der Waals surface area contributed by atoms with Gasteiger partial charge in [-0.1, -0.05) is 0 Å². The number of hydrogen-bond acceptors (Lipinski definition) is 2. The fourth-order valence-corrected chi connectivity index (χ4v) is 4.14. The van der Waals surface area contributed by atoms with Gasteiger partial charge in [-0.25, -0.2) is 0 Å². The van der Waals surface area contributed by atoms with Crippen molar-refractivity contribution >= 4 is 21.6 Å². The predicted molar refractivity (Wildman–Crippen MR) is 60.6 cm³/mol. The molecule has 15 heavy (non-hydrogen) atoms. The van der Waals surface area contributed by atoms with Crippen LogP contribution in [0.25, 0.3) is 0 Å². The van der Waals surface area contributed by atoms with Crippen molar-refractivity contribution in [2.75, 3.05) is 6.61 Å². The Morgan fingerprint density at radius 2 is 2.00 bits per heavy atom. The van der Waals surface area contributed by atoms with Crippen molar-refractivity contribution in [3.05, 3.63) is 35.4 Å². The van der Waals surface area contributed by atoms with Gasteiger partial charge in [-0.3, -0.25) is 0 Å². The molecule has 2 nitrogen and oxygen atoms in total. The van der Waals surface area contributed by atoms with E-state index in [0.29, 0.717) is 0 Å². The van der Waals surface area contributed by atoms with Crippen LogP contribution in [0.2, 0.25) is 0 Å². The monoisotopic (exact) mass is 312 g/mol. The quantitative estimate of drug-likeness (QED) is 0.846. The average molecular weight is 311 g/mol. The Morgan fingerprint density at radius 1 is 1.27 bits per heavy atom. The number of benzene rings is 1. The van der Waals surface area contributed by atoms with Crippen LogP contribution >= 0.6 is 0 Å². The Morgan fingerprint density at radius 3 is 2.53 bits per heavy atom. The minimum atomic E-state index is -1.45. The van der Waals surface area contributed by atoms with Crippen molar-refractivity contribution in [1.29, 1.82) is 0 Å². The molecule has 1 fully saturated rings. The van der Waals surface area contributed by atoms with Crippen molar-refractivity contribution in [2.45, 2.75) is 29.8 Å². The van der Waals surface area contributed by atoms with Gasteiger partial charge in [0, 0.05) is 0 Å². The average Bonchev–Trinajstić information content (AvgIpc) is 2.31. The first-order valence-electron chi connectivity index (χ1n) is 5.39. The van der Waals surface area contributed by atoms with Crippen LogP contribution in [0.3, 0.4) is 0 Å². The van der Waals surface area contributed by atoms with Crippen molar-refractivity contribution < 1.29 is 8.18 Å². The number of rotatable bonds is 2. The van der Waals surface area contributed by atoms with Crippen LogP contribution in [-0.4, -0.2) is 31.6 Å². The first-order valence-corrected chi connectivity index (χ1v) is 8.09. The third kappa shape index (κ3) is 2.37. The summed E-state index contributed by atoms with van der Waals surface area (Å²) in [5.74, 6) is 0. The summed E-state index contributed by atoms with van der Waals surface area (Å²) in [5, 5.41) is 0. The molecule has 3 heteroatoms. The van der Waals surface area contributed by atoms with E-state index in [2.05, 4.69) is 31.2 Å². The van der Waals surface area contributed by atoms with E-state index in [1.807, 2.05) is 0 Å². The van der Waals surface area contributed by atoms with Crippen LogP contribution in [-0.2, 0) is 8.35 Å². The van der Waals surface area contributed by atoms with Crippen molar-refractivity contribution in [3.8, 4) is 0 Å². The molecule has 0 saturated carbocycles. The van der Waals surface area contributed by atoms with Crippen LogP contribution in [0.1, 0.15) is 30.4 Å². The summed E-state index contributed by atoms with van der Waals surface area (Å²) in [6, 6.07) is 8.42. The summed E-state index contributed by atoms with van der Waals surface area (Å²) in [7, 11) is 0. The number of hydrogen-bond donors (Lipinski definition) is 1. The molecule has 0 aromatic heterocycles. The predicted octanol–water partition coefficient (Wildman–Crippen LogP) is 1.96. The summed E-state index contributed by atoms with van der Waals surface area (Å²) >= 11 is -1.45. The number of aryl methyl sites for hydroxylation is 1. The second kappa shape index (κ2) is 4.85. The van der Waals surface area contributed by atoms with Crippen LogP contribution in [0.4, 0.5) is 0 Å². The third-order valence-corrected chi connectivity index (χ3v) is 5.95. The molecule has 80 valence electrons. The maximum absolute atomic E-state index is 9.71. The summed E-state index contributed by atoms with van der Waals surface area (Å²) in [4.78, 5) is 0. The Balaban J connectivity index is 2.28. The van der Waals surface area contributed by atoms with Gasteiger partial charge < -0.3 is 0 Å². The van der Waals surface area contributed by atoms with Gasteiger partial charge >= 0.3 is 102 Å². The van der Waals surface area contributed by atoms with Gasteiger partial charge in [0.2, 0.25) is 0 Å². The molecule has 0 amide bonds. The molecule has 1 atom stereocenters. The zero-order valence-electron chi connectivity index (χ0n) is 8.99. The topological polar surface area (TPSA) is 29.5 Å². The SMILES string of the molecule is Cc1ccc([C]2([Sn][OH])CCCCO2)cc1. The van der Waals surface area contributed by atoms with Gasteiger partial charge in [0.05, 0.1) is 0 Å². The van der Waals surface area contributed by atoms with Gasteiger partial charge in [-0.05, 0) is 0 Å². The molecule has 0 spiro atoms. The second-order valence-corrected chi connectivity index (χ2v) is 7.05. The first-order chi connectivity index (χ1) is 7.27. The molecule has 1 aromatic rings. The molecule has 1 saturated heterocycles. The van der Waals surface area contributed by atoms with Crippen LogP contribution in [0.5, 0.6) is 0 Å². The molecular weight excluding hydrogens is 295 g/mol. The standard InChI is InChI=1S/C12H15O.H2O.Sn/c1-10-5-7-11(8-6-10)12-4-2-3-9-13-12;;/h5-8H,2-4,9H2,1H3;1H2;/q;;+1/p-1. The van der Waals surface area contributed by atoms with Gasteiger partial charge in [-0.15, -0.1) is 0 Å². The van der Waals surface area contributed by atoms with Crippen molar-refractivity contribution in [1.82, 2.24) is 0 Å². The Kier molecular flexibility index (Phi) is 3.69. The molecule has 0 aliphatic carbocycles. The van der Waals surface area contributed by atoms with E-state index < -0.39 is 21.6 Å². The number of ether oxygens (including phenoxy) is 1. The first kappa shape index (κ1) is 11.4. The fraction of sp³-hybridized carbons (Fsp3) is 0.500. The zero-order valence-corrected chi connectivity index (χ0v) is 11.8. The molecule has 0 bridgehead atoms. The van der Waals surface area contributed by atoms with E-state index >= 15 is 0 Å². The molecule has 1 unspecified atom stereocenters. The van der Waals surface area contributed by atoms with Gasteiger partial charge in [0.1, 0.15) is 0 Å². The van der Waals surface area contributed by atoms with E-state index in [9.17, 15) is 3.44 Å². The van der Waals surface area contributed by atoms with Crippen LogP contribution in [0, 0.1) is 6.92 Å². The van der Waals surface area contributed by atoms with E-state index in [1.54, 1.807) is 0 Å². The molecule has 2 rings (SSSR count). The molecule has 1 aliphatic heterocycles. The molecule has 1 aliphatic rings. The summed E-state index contributed by atoms with van der Waals surface area (Å²) < 4.78 is 15.3. The Hall–Kier alpha value is -0.0613.